The van der Waals surface area contributed by atoms with Crippen LogP contribution < -0.4 is 0 Å². The molecule has 0 spiro atoms. The summed E-state index contributed by atoms with van der Waals surface area (Å²) in [6.07, 6.45) is 2.67. The fraction of sp³-hybridized carbons (Fsp3) is 0.833. The van der Waals surface area contributed by atoms with Crippen LogP contribution in [0, 0.1) is 0 Å². The molecular weight excluding hydrogens is 220 g/mol. The number of hydrogen-bond acceptors (Lipinski definition) is 2. The molecule has 0 bridgehead atoms. The van der Waals surface area contributed by atoms with E-state index in [2.05, 4.69) is 0 Å². The van der Waals surface area contributed by atoms with Crippen molar-refractivity contribution in [2.24, 2.45) is 0 Å². The SMILES string of the molecule is CCCN(C)C(=O)N1CCCC1(CC)C(=O)O. The minimum atomic E-state index is -0.987. The van der Waals surface area contributed by atoms with E-state index in [0.29, 0.717) is 25.9 Å². The van der Waals surface area contributed by atoms with E-state index in [1.807, 2.05) is 13.8 Å². The van der Waals surface area contributed by atoms with Gasteiger partial charge in [-0.25, -0.2) is 9.59 Å². The van der Waals surface area contributed by atoms with Crippen LogP contribution in [0.2, 0.25) is 0 Å². The lowest BCUT2D eigenvalue weighted by Crippen LogP contribution is -2.56. The molecule has 5 heteroatoms. The van der Waals surface area contributed by atoms with E-state index in [4.69, 9.17) is 0 Å². The standard InChI is InChI=1S/C12H22N2O3/c1-4-8-13(3)11(17)14-9-6-7-12(14,5-2)10(15)16/h4-9H2,1-3H3,(H,15,16). The fourth-order valence-electron chi connectivity index (χ4n) is 2.54. The number of carboxylic acid groups (broad SMARTS) is 1. The molecule has 0 aromatic carbocycles. The topological polar surface area (TPSA) is 60.9 Å². The van der Waals surface area contributed by atoms with Crippen LogP contribution in [0.4, 0.5) is 4.79 Å². The highest BCUT2D eigenvalue weighted by Gasteiger charge is 2.49. The molecule has 1 aliphatic heterocycles. The molecule has 0 saturated carbocycles. The van der Waals surface area contributed by atoms with Gasteiger partial charge in [-0.3, -0.25) is 0 Å². The second-order valence-electron chi connectivity index (χ2n) is 4.65. The molecule has 98 valence electrons. The van der Waals surface area contributed by atoms with Crippen molar-refractivity contribution in [1.29, 1.82) is 0 Å². The largest absolute Gasteiger partial charge is 0.479 e. The van der Waals surface area contributed by atoms with Crippen molar-refractivity contribution in [1.82, 2.24) is 9.80 Å². The Morgan fingerprint density at radius 3 is 2.53 bits per heavy atom. The van der Waals surface area contributed by atoms with Gasteiger partial charge in [-0.2, -0.15) is 0 Å². The molecule has 1 atom stereocenters. The third-order valence-electron chi connectivity index (χ3n) is 3.59. The first kappa shape index (κ1) is 13.8. The predicted octanol–water partition coefficient (Wildman–Crippen LogP) is 1.78. The lowest BCUT2D eigenvalue weighted by Gasteiger charge is -2.36. The zero-order chi connectivity index (χ0) is 13.1. The van der Waals surface area contributed by atoms with Crippen molar-refractivity contribution >= 4 is 12.0 Å². The molecule has 17 heavy (non-hydrogen) atoms. The summed E-state index contributed by atoms with van der Waals surface area (Å²) in [4.78, 5) is 26.8. The van der Waals surface area contributed by atoms with Gasteiger partial charge in [0.25, 0.3) is 0 Å². The number of hydrogen-bond donors (Lipinski definition) is 1. The smallest absolute Gasteiger partial charge is 0.329 e. The Bertz CT molecular complexity index is 306. The van der Waals surface area contributed by atoms with Gasteiger partial charge in [0.2, 0.25) is 0 Å². The van der Waals surface area contributed by atoms with Gasteiger partial charge in [-0.05, 0) is 25.7 Å². The molecule has 1 unspecified atom stereocenters. The van der Waals surface area contributed by atoms with Crippen molar-refractivity contribution in [2.45, 2.75) is 45.1 Å². The van der Waals surface area contributed by atoms with Crippen molar-refractivity contribution in [3.8, 4) is 0 Å². The Kier molecular flexibility index (Phi) is 4.37. The van der Waals surface area contributed by atoms with Gasteiger partial charge in [0.1, 0.15) is 5.54 Å². The van der Waals surface area contributed by atoms with E-state index in [1.165, 1.54) is 4.90 Å². The molecule has 0 radical (unpaired) electrons. The second-order valence-corrected chi connectivity index (χ2v) is 4.65. The number of aliphatic carboxylic acids is 1. The summed E-state index contributed by atoms with van der Waals surface area (Å²) in [6.45, 7) is 5.04. The van der Waals surface area contributed by atoms with E-state index >= 15 is 0 Å². The lowest BCUT2D eigenvalue weighted by molar-refractivity contribution is -0.148. The molecule has 1 fully saturated rings. The van der Waals surface area contributed by atoms with Crippen molar-refractivity contribution in [3.63, 3.8) is 0 Å². The molecule has 1 aliphatic rings. The average molecular weight is 242 g/mol. The molecule has 1 heterocycles. The summed E-state index contributed by atoms with van der Waals surface area (Å²) in [7, 11) is 1.73. The van der Waals surface area contributed by atoms with Gasteiger partial charge >= 0.3 is 12.0 Å². The monoisotopic (exact) mass is 242 g/mol. The van der Waals surface area contributed by atoms with Crippen LogP contribution in [0.3, 0.4) is 0 Å². The van der Waals surface area contributed by atoms with Gasteiger partial charge in [-0.15, -0.1) is 0 Å². The minimum Gasteiger partial charge on any atom is -0.479 e. The Labute approximate surface area is 102 Å². The molecule has 1 N–H and O–H groups in total. The quantitative estimate of drug-likeness (QED) is 0.817. The van der Waals surface area contributed by atoms with Crippen LogP contribution in [0.5, 0.6) is 0 Å². The number of carboxylic acids is 1. The first-order valence-electron chi connectivity index (χ1n) is 6.25. The number of nitrogens with zero attached hydrogens (tertiary/aromatic N) is 2. The Hall–Kier alpha value is -1.26. The second kappa shape index (κ2) is 5.38. The van der Waals surface area contributed by atoms with E-state index in [-0.39, 0.29) is 6.03 Å². The molecule has 2 amide bonds. The lowest BCUT2D eigenvalue weighted by atomic mass is 9.93. The van der Waals surface area contributed by atoms with Gasteiger partial charge in [0, 0.05) is 20.1 Å². The Morgan fingerprint density at radius 1 is 1.41 bits per heavy atom. The van der Waals surface area contributed by atoms with Crippen LogP contribution in [0.25, 0.3) is 0 Å². The number of urea groups is 1. The molecule has 1 saturated heterocycles. The van der Waals surface area contributed by atoms with Crippen LogP contribution >= 0.6 is 0 Å². The van der Waals surface area contributed by atoms with Crippen LogP contribution in [-0.2, 0) is 4.79 Å². The molecule has 5 nitrogen and oxygen atoms in total. The molecular formula is C12H22N2O3. The maximum atomic E-state index is 12.2. The highest BCUT2D eigenvalue weighted by Crippen LogP contribution is 2.33. The number of likely N-dealkylation sites (tertiary alicyclic amines) is 1. The summed E-state index contributed by atoms with van der Waals surface area (Å²) in [6, 6.07) is -0.159. The number of carbonyl (C=O) groups excluding carboxylic acids is 1. The highest BCUT2D eigenvalue weighted by atomic mass is 16.4. The van der Waals surface area contributed by atoms with E-state index in [1.54, 1.807) is 11.9 Å². The normalized spacial score (nSPS) is 23.8. The van der Waals surface area contributed by atoms with E-state index < -0.39 is 11.5 Å². The Morgan fingerprint density at radius 2 is 2.06 bits per heavy atom. The number of amides is 2. The maximum Gasteiger partial charge on any atom is 0.329 e. The number of carbonyl (C=O) groups is 2. The first-order valence-corrected chi connectivity index (χ1v) is 6.25. The van der Waals surface area contributed by atoms with Gasteiger partial charge in [0.05, 0.1) is 0 Å². The van der Waals surface area contributed by atoms with Crippen LogP contribution in [-0.4, -0.2) is 52.6 Å². The minimum absolute atomic E-state index is 0.159. The van der Waals surface area contributed by atoms with Gasteiger partial charge < -0.3 is 14.9 Å². The fourth-order valence-corrected chi connectivity index (χ4v) is 2.54. The van der Waals surface area contributed by atoms with Crippen molar-refractivity contribution < 1.29 is 14.7 Å². The third kappa shape index (κ3) is 2.37. The average Bonchev–Trinajstić information content (AvgIpc) is 2.73. The molecule has 0 aromatic rings. The zero-order valence-electron chi connectivity index (χ0n) is 10.9. The van der Waals surface area contributed by atoms with Crippen LogP contribution in [0.1, 0.15) is 39.5 Å². The van der Waals surface area contributed by atoms with Crippen LogP contribution in [0.15, 0.2) is 0 Å². The van der Waals surface area contributed by atoms with E-state index in [0.717, 1.165) is 12.8 Å². The summed E-state index contributed by atoms with van der Waals surface area (Å²) < 4.78 is 0. The molecule has 1 rings (SSSR count). The molecule has 0 aliphatic carbocycles. The van der Waals surface area contributed by atoms with Crippen molar-refractivity contribution in [3.05, 3.63) is 0 Å². The Balaban J connectivity index is 2.88. The first-order chi connectivity index (χ1) is 7.99. The van der Waals surface area contributed by atoms with Gasteiger partial charge in [0.15, 0.2) is 0 Å². The summed E-state index contributed by atoms with van der Waals surface area (Å²) in [5.41, 5.74) is -0.987. The van der Waals surface area contributed by atoms with Crippen molar-refractivity contribution in [2.75, 3.05) is 20.1 Å². The summed E-state index contributed by atoms with van der Waals surface area (Å²) in [5, 5.41) is 9.38. The molecule has 0 aromatic heterocycles. The maximum absolute atomic E-state index is 12.2. The number of rotatable bonds is 4. The zero-order valence-corrected chi connectivity index (χ0v) is 10.9. The third-order valence-corrected chi connectivity index (χ3v) is 3.59. The van der Waals surface area contributed by atoms with E-state index in [9.17, 15) is 14.7 Å². The predicted molar refractivity (Wildman–Crippen MR) is 64.9 cm³/mol. The highest BCUT2D eigenvalue weighted by molar-refractivity contribution is 5.87. The summed E-state index contributed by atoms with van der Waals surface area (Å²) >= 11 is 0. The van der Waals surface area contributed by atoms with Gasteiger partial charge in [-0.1, -0.05) is 13.8 Å². The summed E-state index contributed by atoms with van der Waals surface area (Å²) in [5.74, 6) is -0.879.